The molecule has 8 heteroatoms. The van der Waals surface area contributed by atoms with E-state index in [0.29, 0.717) is 18.3 Å². The summed E-state index contributed by atoms with van der Waals surface area (Å²) >= 11 is 0. The largest absolute Gasteiger partial charge is 0.350 e. The van der Waals surface area contributed by atoms with Gasteiger partial charge in [0.1, 0.15) is 5.82 Å². The number of aromatic nitrogens is 3. The number of nitrogens with one attached hydrogen (secondary N) is 2. The van der Waals surface area contributed by atoms with Crippen LogP contribution in [-0.4, -0.2) is 40.5 Å². The summed E-state index contributed by atoms with van der Waals surface area (Å²) in [5.74, 6) is -0.405. The lowest BCUT2D eigenvalue weighted by Crippen LogP contribution is -2.39. The first-order valence-electron chi connectivity index (χ1n) is 10.3. The maximum absolute atomic E-state index is 13.3. The van der Waals surface area contributed by atoms with Crippen molar-refractivity contribution in [3.05, 3.63) is 47.0 Å². The van der Waals surface area contributed by atoms with E-state index < -0.39 is 0 Å². The smallest absolute Gasteiger partial charge is 0.273 e. The Morgan fingerprint density at radius 1 is 1.24 bits per heavy atom. The van der Waals surface area contributed by atoms with Gasteiger partial charge in [-0.2, -0.15) is 0 Å². The first kappa shape index (κ1) is 21.7. The Balaban J connectivity index is 0.00000240. The van der Waals surface area contributed by atoms with Gasteiger partial charge in [-0.05, 0) is 63.4 Å². The van der Waals surface area contributed by atoms with Crippen LogP contribution in [0.3, 0.4) is 0 Å². The fourth-order valence-corrected chi connectivity index (χ4v) is 4.70. The highest BCUT2D eigenvalue weighted by molar-refractivity contribution is 5.93. The third-order valence-corrected chi connectivity index (χ3v) is 6.40. The normalized spacial score (nSPS) is 19.0. The molecule has 4 rings (SSSR count). The molecule has 0 unspecified atom stereocenters. The van der Waals surface area contributed by atoms with E-state index in [-0.39, 0.29) is 29.5 Å². The number of hydrogen-bond acceptors (Lipinski definition) is 4. The van der Waals surface area contributed by atoms with Crippen LogP contribution in [0.5, 0.6) is 0 Å². The third-order valence-electron chi connectivity index (χ3n) is 6.40. The second kappa shape index (κ2) is 9.22. The van der Waals surface area contributed by atoms with Gasteiger partial charge < -0.3 is 10.6 Å². The van der Waals surface area contributed by atoms with Crippen molar-refractivity contribution in [2.75, 3.05) is 19.6 Å². The molecule has 2 aliphatic rings. The van der Waals surface area contributed by atoms with Crippen molar-refractivity contribution < 1.29 is 9.18 Å². The molecular formula is C21H29ClFN5O. The Labute approximate surface area is 177 Å². The summed E-state index contributed by atoms with van der Waals surface area (Å²) in [6, 6.07) is 7.02. The molecule has 0 atom stereocenters. The topological polar surface area (TPSA) is 71.8 Å². The van der Waals surface area contributed by atoms with Gasteiger partial charge in [0.2, 0.25) is 0 Å². The van der Waals surface area contributed by atoms with Gasteiger partial charge in [-0.3, -0.25) is 4.79 Å². The molecule has 0 spiro atoms. The molecule has 1 saturated carbocycles. The van der Waals surface area contributed by atoms with E-state index in [0.717, 1.165) is 62.9 Å². The molecule has 29 heavy (non-hydrogen) atoms. The van der Waals surface area contributed by atoms with Crippen LogP contribution in [-0.2, 0) is 5.41 Å². The van der Waals surface area contributed by atoms with Gasteiger partial charge in [0.25, 0.3) is 5.91 Å². The number of amides is 1. The lowest BCUT2D eigenvalue weighted by molar-refractivity contribution is 0.0937. The first-order valence-corrected chi connectivity index (χ1v) is 10.3. The highest BCUT2D eigenvalue weighted by Gasteiger charge is 2.36. The van der Waals surface area contributed by atoms with Crippen molar-refractivity contribution >= 4 is 18.3 Å². The molecule has 2 heterocycles. The van der Waals surface area contributed by atoms with Crippen LogP contribution in [0.4, 0.5) is 4.39 Å². The molecule has 1 aromatic heterocycles. The average Bonchev–Trinajstić information content (AvgIpc) is 3.35. The molecule has 1 saturated heterocycles. The zero-order chi connectivity index (χ0) is 19.6. The van der Waals surface area contributed by atoms with E-state index in [1.807, 2.05) is 23.7 Å². The van der Waals surface area contributed by atoms with Crippen LogP contribution in [0.15, 0.2) is 24.3 Å². The molecule has 2 aromatic rings. The van der Waals surface area contributed by atoms with E-state index in [4.69, 9.17) is 0 Å². The number of rotatable bonds is 5. The second-order valence-electron chi connectivity index (χ2n) is 8.13. The van der Waals surface area contributed by atoms with Crippen LogP contribution >= 0.6 is 12.4 Å². The van der Waals surface area contributed by atoms with Gasteiger partial charge >= 0.3 is 0 Å². The molecular weight excluding hydrogens is 393 g/mol. The molecule has 1 aliphatic carbocycles. The summed E-state index contributed by atoms with van der Waals surface area (Å²) in [5, 5.41) is 14.9. The standard InChI is InChI=1S/C21H28FN5O.ClH/c1-15-19(25-26-27(15)18-8-12-23-13-9-18)20(28)24-14-21(10-2-3-11-21)16-4-6-17(22)7-5-16;/h4-7,18,23H,2-3,8-14H2,1H3,(H,24,28);1H. The van der Waals surface area contributed by atoms with Gasteiger partial charge in [-0.25, -0.2) is 9.07 Å². The predicted molar refractivity (Wildman–Crippen MR) is 112 cm³/mol. The highest BCUT2D eigenvalue weighted by Crippen LogP contribution is 2.40. The van der Waals surface area contributed by atoms with Crippen molar-refractivity contribution in [1.82, 2.24) is 25.6 Å². The molecule has 1 aromatic carbocycles. The van der Waals surface area contributed by atoms with E-state index in [2.05, 4.69) is 20.9 Å². The second-order valence-corrected chi connectivity index (χ2v) is 8.13. The van der Waals surface area contributed by atoms with Crippen molar-refractivity contribution in [1.29, 1.82) is 0 Å². The van der Waals surface area contributed by atoms with E-state index in [1.54, 1.807) is 0 Å². The number of nitrogens with zero attached hydrogens (tertiary/aromatic N) is 3. The molecule has 6 nitrogen and oxygen atoms in total. The lowest BCUT2D eigenvalue weighted by atomic mass is 9.79. The molecule has 0 bridgehead atoms. The van der Waals surface area contributed by atoms with Crippen molar-refractivity contribution in [3.8, 4) is 0 Å². The molecule has 1 aliphatic heterocycles. The maximum atomic E-state index is 13.3. The fourth-order valence-electron chi connectivity index (χ4n) is 4.70. The molecule has 158 valence electrons. The van der Waals surface area contributed by atoms with Crippen LogP contribution in [0.2, 0.25) is 0 Å². The van der Waals surface area contributed by atoms with Crippen LogP contribution < -0.4 is 10.6 Å². The zero-order valence-corrected chi connectivity index (χ0v) is 17.6. The monoisotopic (exact) mass is 421 g/mol. The van der Waals surface area contributed by atoms with E-state index in [9.17, 15) is 9.18 Å². The van der Waals surface area contributed by atoms with Gasteiger partial charge in [-0.1, -0.05) is 30.2 Å². The number of carbonyl (C=O) groups excluding carboxylic acids is 1. The highest BCUT2D eigenvalue weighted by atomic mass is 35.5. The Kier molecular flexibility index (Phi) is 6.90. The molecule has 2 fully saturated rings. The maximum Gasteiger partial charge on any atom is 0.273 e. The average molecular weight is 422 g/mol. The number of benzene rings is 1. The van der Waals surface area contributed by atoms with E-state index in [1.165, 1.54) is 12.1 Å². The van der Waals surface area contributed by atoms with Crippen molar-refractivity contribution in [2.45, 2.75) is 56.9 Å². The van der Waals surface area contributed by atoms with Crippen LogP contribution in [0, 0.1) is 12.7 Å². The zero-order valence-electron chi connectivity index (χ0n) is 16.8. The molecule has 1 amide bonds. The van der Waals surface area contributed by atoms with Gasteiger partial charge in [0, 0.05) is 12.0 Å². The minimum absolute atomic E-state index is 0. The minimum atomic E-state index is -0.230. The lowest BCUT2D eigenvalue weighted by Gasteiger charge is -2.30. The SMILES string of the molecule is Cc1c(C(=O)NCC2(c3ccc(F)cc3)CCCC2)nnn1C1CCNCC1.Cl. The van der Waals surface area contributed by atoms with E-state index >= 15 is 0 Å². The summed E-state index contributed by atoms with van der Waals surface area (Å²) in [6.07, 6.45) is 6.24. The Bertz CT molecular complexity index is 826. The third kappa shape index (κ3) is 4.46. The summed E-state index contributed by atoms with van der Waals surface area (Å²) in [6.45, 7) is 4.39. The summed E-state index contributed by atoms with van der Waals surface area (Å²) in [7, 11) is 0. The predicted octanol–water partition coefficient (Wildman–Crippen LogP) is 3.31. The number of carbonyl (C=O) groups is 1. The fraction of sp³-hybridized carbons (Fsp3) is 0.571. The first-order chi connectivity index (χ1) is 13.6. The molecule has 0 radical (unpaired) electrons. The van der Waals surface area contributed by atoms with Gasteiger partial charge in [-0.15, -0.1) is 17.5 Å². The number of piperidine rings is 1. The number of hydrogen-bond donors (Lipinski definition) is 2. The summed E-state index contributed by atoms with van der Waals surface area (Å²) in [5.41, 5.74) is 2.21. The van der Waals surface area contributed by atoms with Gasteiger partial charge in [0.15, 0.2) is 5.69 Å². The van der Waals surface area contributed by atoms with Gasteiger partial charge in [0.05, 0.1) is 11.7 Å². The van der Waals surface area contributed by atoms with Crippen LogP contribution in [0.25, 0.3) is 0 Å². The quantitative estimate of drug-likeness (QED) is 0.776. The summed E-state index contributed by atoms with van der Waals surface area (Å²) in [4.78, 5) is 12.8. The summed E-state index contributed by atoms with van der Waals surface area (Å²) < 4.78 is 15.2. The Morgan fingerprint density at radius 2 is 1.90 bits per heavy atom. The Hall–Kier alpha value is -1.99. The number of halogens is 2. The van der Waals surface area contributed by atoms with Crippen molar-refractivity contribution in [2.24, 2.45) is 0 Å². The molecule has 2 N–H and O–H groups in total. The van der Waals surface area contributed by atoms with Crippen LogP contribution in [0.1, 0.15) is 66.3 Å². The Morgan fingerprint density at radius 3 is 2.55 bits per heavy atom. The van der Waals surface area contributed by atoms with Crippen molar-refractivity contribution in [3.63, 3.8) is 0 Å². The minimum Gasteiger partial charge on any atom is -0.350 e.